The Balaban J connectivity index is 2.18. The fraction of sp³-hybridized carbons (Fsp3) is 0.286. The van der Waals surface area contributed by atoms with Gasteiger partial charge in [0.1, 0.15) is 5.54 Å². The van der Waals surface area contributed by atoms with Crippen molar-refractivity contribution in [1.29, 1.82) is 0 Å². The highest BCUT2D eigenvalue weighted by Crippen LogP contribution is 2.28. The van der Waals surface area contributed by atoms with Crippen LogP contribution in [0.2, 0.25) is 0 Å². The van der Waals surface area contributed by atoms with Crippen LogP contribution in [-0.2, 0) is 9.53 Å². The van der Waals surface area contributed by atoms with Crippen LogP contribution in [0.3, 0.4) is 0 Å². The smallest absolute Gasteiger partial charge is 0.328 e. The fourth-order valence-corrected chi connectivity index (χ4v) is 2.68. The molecule has 0 N–H and O–H groups in total. The standard InChI is InChI=1S/C21H24N2O4/c1-16(12-14-27-4)9-8-13-21(2)19(25)23(20(26)22(21)3)15-18(24)17-10-6-5-7-11-17/h5-14H,15H2,1-4H3/b13-8+,14-12+,16-9-. The van der Waals surface area contributed by atoms with Gasteiger partial charge in [-0.3, -0.25) is 14.5 Å². The van der Waals surface area contributed by atoms with E-state index in [1.165, 1.54) is 4.90 Å². The summed E-state index contributed by atoms with van der Waals surface area (Å²) in [6.07, 6.45) is 8.52. The summed E-state index contributed by atoms with van der Waals surface area (Å²) in [5.41, 5.74) is 0.246. The molecule has 0 aliphatic carbocycles. The molecule has 1 aromatic carbocycles. The number of Topliss-reactive ketones (excluding diaryl/α,β-unsaturated/α-hetero) is 1. The van der Waals surface area contributed by atoms with Gasteiger partial charge in [0.2, 0.25) is 0 Å². The third-order valence-electron chi connectivity index (χ3n) is 4.54. The van der Waals surface area contributed by atoms with E-state index in [1.807, 2.05) is 13.0 Å². The number of methoxy groups -OCH3 is 1. The number of ketones is 1. The Morgan fingerprint density at radius 3 is 2.52 bits per heavy atom. The van der Waals surface area contributed by atoms with Crippen LogP contribution in [0.1, 0.15) is 24.2 Å². The molecule has 6 nitrogen and oxygen atoms in total. The second kappa shape index (κ2) is 8.49. The van der Waals surface area contributed by atoms with E-state index in [1.54, 1.807) is 75.9 Å². The van der Waals surface area contributed by atoms with Gasteiger partial charge in [0, 0.05) is 12.6 Å². The number of ether oxygens (including phenoxy) is 1. The highest BCUT2D eigenvalue weighted by molar-refractivity contribution is 6.11. The molecule has 1 atom stereocenters. The maximum atomic E-state index is 12.9. The first-order valence-electron chi connectivity index (χ1n) is 8.54. The van der Waals surface area contributed by atoms with E-state index in [9.17, 15) is 14.4 Å². The van der Waals surface area contributed by atoms with Gasteiger partial charge in [-0.05, 0) is 31.6 Å². The number of carbonyl (C=O) groups excluding carboxylic acids is 3. The number of likely N-dealkylation sites (N-methyl/N-ethyl adjacent to an activating group) is 1. The quantitative estimate of drug-likeness (QED) is 0.321. The Morgan fingerprint density at radius 2 is 1.89 bits per heavy atom. The van der Waals surface area contributed by atoms with Crippen molar-refractivity contribution in [2.45, 2.75) is 19.4 Å². The summed E-state index contributed by atoms with van der Waals surface area (Å²) < 4.78 is 4.86. The summed E-state index contributed by atoms with van der Waals surface area (Å²) in [7, 11) is 3.11. The number of hydrogen-bond acceptors (Lipinski definition) is 4. The molecule has 1 aliphatic rings. The maximum absolute atomic E-state index is 12.9. The van der Waals surface area contributed by atoms with Gasteiger partial charge in [-0.15, -0.1) is 0 Å². The molecule has 1 unspecified atom stereocenters. The van der Waals surface area contributed by atoms with Gasteiger partial charge in [-0.2, -0.15) is 0 Å². The van der Waals surface area contributed by atoms with Crippen LogP contribution < -0.4 is 0 Å². The molecule has 3 amide bonds. The molecule has 0 spiro atoms. The average molecular weight is 368 g/mol. The molecule has 0 bridgehead atoms. The van der Waals surface area contributed by atoms with Crippen LogP contribution in [0.25, 0.3) is 0 Å². The number of imide groups is 1. The van der Waals surface area contributed by atoms with E-state index in [4.69, 9.17) is 4.74 Å². The molecule has 1 aromatic rings. The zero-order chi connectivity index (χ0) is 20.0. The van der Waals surface area contributed by atoms with Crippen molar-refractivity contribution in [3.63, 3.8) is 0 Å². The summed E-state index contributed by atoms with van der Waals surface area (Å²) in [4.78, 5) is 40.2. The fourth-order valence-electron chi connectivity index (χ4n) is 2.68. The summed E-state index contributed by atoms with van der Waals surface area (Å²) >= 11 is 0. The van der Waals surface area contributed by atoms with E-state index in [0.717, 1.165) is 10.5 Å². The molecule has 1 heterocycles. The van der Waals surface area contributed by atoms with Crippen molar-refractivity contribution in [1.82, 2.24) is 9.80 Å². The summed E-state index contributed by atoms with van der Waals surface area (Å²) in [6.45, 7) is 3.27. The molecular formula is C21H24N2O4. The summed E-state index contributed by atoms with van der Waals surface area (Å²) in [5.74, 6) is -0.701. The molecule has 2 rings (SSSR count). The van der Waals surface area contributed by atoms with Crippen molar-refractivity contribution >= 4 is 17.7 Å². The normalized spacial score (nSPS) is 21.0. The van der Waals surface area contributed by atoms with Crippen molar-refractivity contribution in [2.75, 3.05) is 20.7 Å². The molecule has 1 saturated heterocycles. The van der Waals surface area contributed by atoms with Crippen molar-refractivity contribution in [3.8, 4) is 0 Å². The van der Waals surface area contributed by atoms with Gasteiger partial charge in [0.15, 0.2) is 5.78 Å². The number of rotatable bonds is 7. The molecule has 0 aromatic heterocycles. The van der Waals surface area contributed by atoms with Gasteiger partial charge in [0.25, 0.3) is 5.91 Å². The predicted molar refractivity (Wildman–Crippen MR) is 103 cm³/mol. The van der Waals surface area contributed by atoms with Crippen LogP contribution in [0, 0.1) is 0 Å². The molecule has 27 heavy (non-hydrogen) atoms. The van der Waals surface area contributed by atoms with Gasteiger partial charge in [0.05, 0.1) is 19.9 Å². The second-order valence-corrected chi connectivity index (χ2v) is 6.48. The van der Waals surface area contributed by atoms with Crippen LogP contribution in [0.15, 0.2) is 66.5 Å². The highest BCUT2D eigenvalue weighted by atomic mass is 16.5. The number of carbonyl (C=O) groups is 3. The van der Waals surface area contributed by atoms with E-state index < -0.39 is 17.5 Å². The summed E-state index contributed by atoms with van der Waals surface area (Å²) in [6, 6.07) is 8.13. The Labute approximate surface area is 159 Å². The first-order chi connectivity index (χ1) is 12.8. The van der Waals surface area contributed by atoms with Gasteiger partial charge in [-0.25, -0.2) is 4.79 Å². The number of hydrogen-bond donors (Lipinski definition) is 0. The summed E-state index contributed by atoms with van der Waals surface area (Å²) in [5, 5.41) is 0. The lowest BCUT2D eigenvalue weighted by atomic mass is 10.00. The lowest BCUT2D eigenvalue weighted by Crippen LogP contribution is -2.43. The lowest BCUT2D eigenvalue weighted by Gasteiger charge is -2.24. The second-order valence-electron chi connectivity index (χ2n) is 6.48. The maximum Gasteiger partial charge on any atom is 0.328 e. The Morgan fingerprint density at radius 1 is 1.22 bits per heavy atom. The van der Waals surface area contributed by atoms with E-state index in [2.05, 4.69) is 0 Å². The number of nitrogens with zero attached hydrogens (tertiary/aromatic N) is 2. The SMILES string of the molecule is CO/C=C/C(C)=C\C=C\C1(C)C(=O)N(CC(=O)c2ccccc2)C(=O)N1C. The molecule has 1 aliphatic heterocycles. The minimum atomic E-state index is -1.14. The zero-order valence-corrected chi connectivity index (χ0v) is 16.0. The molecule has 0 radical (unpaired) electrons. The topological polar surface area (TPSA) is 66.9 Å². The van der Waals surface area contributed by atoms with Crippen LogP contribution in [0.5, 0.6) is 0 Å². The minimum absolute atomic E-state index is 0.277. The van der Waals surface area contributed by atoms with Crippen LogP contribution in [0.4, 0.5) is 4.79 Å². The van der Waals surface area contributed by atoms with Crippen LogP contribution >= 0.6 is 0 Å². The molecule has 0 saturated carbocycles. The Hall–Kier alpha value is -3.15. The number of benzene rings is 1. The van der Waals surface area contributed by atoms with E-state index >= 15 is 0 Å². The number of amides is 3. The third-order valence-corrected chi connectivity index (χ3v) is 4.54. The Kier molecular flexibility index (Phi) is 6.34. The number of urea groups is 1. The number of allylic oxidation sites excluding steroid dienone is 4. The van der Waals surface area contributed by atoms with E-state index in [-0.39, 0.29) is 12.3 Å². The first-order valence-corrected chi connectivity index (χ1v) is 8.54. The van der Waals surface area contributed by atoms with Gasteiger partial charge < -0.3 is 9.64 Å². The minimum Gasteiger partial charge on any atom is -0.504 e. The van der Waals surface area contributed by atoms with Crippen molar-refractivity contribution in [2.24, 2.45) is 0 Å². The average Bonchev–Trinajstić information content (AvgIpc) is 2.82. The zero-order valence-electron chi connectivity index (χ0n) is 16.0. The van der Waals surface area contributed by atoms with Gasteiger partial charge in [-0.1, -0.05) is 42.5 Å². The van der Waals surface area contributed by atoms with Crippen molar-refractivity contribution in [3.05, 3.63) is 72.0 Å². The monoisotopic (exact) mass is 368 g/mol. The first kappa shape index (κ1) is 20.2. The largest absolute Gasteiger partial charge is 0.504 e. The lowest BCUT2D eigenvalue weighted by molar-refractivity contribution is -0.130. The highest BCUT2D eigenvalue weighted by Gasteiger charge is 2.51. The predicted octanol–water partition coefficient (Wildman–Crippen LogP) is 3.18. The Bertz CT molecular complexity index is 811. The molecule has 142 valence electrons. The van der Waals surface area contributed by atoms with Gasteiger partial charge >= 0.3 is 6.03 Å². The molecular weight excluding hydrogens is 344 g/mol. The molecule has 1 fully saturated rings. The van der Waals surface area contributed by atoms with Crippen molar-refractivity contribution < 1.29 is 19.1 Å². The molecule has 6 heteroatoms. The van der Waals surface area contributed by atoms with Crippen LogP contribution in [-0.4, -0.2) is 53.8 Å². The third kappa shape index (κ3) is 4.34. The van der Waals surface area contributed by atoms with E-state index in [0.29, 0.717) is 5.56 Å².